The van der Waals surface area contributed by atoms with Crippen molar-refractivity contribution in [1.82, 2.24) is 0 Å². The average Bonchev–Trinajstić information content (AvgIpc) is 2.39. The van der Waals surface area contributed by atoms with Gasteiger partial charge in [0.15, 0.2) is 10.7 Å². The smallest absolute Gasteiger partial charge is 0.168 e. The van der Waals surface area contributed by atoms with Crippen molar-refractivity contribution in [2.45, 2.75) is 9.79 Å². The van der Waals surface area contributed by atoms with E-state index in [1.807, 2.05) is 36.6 Å². The Morgan fingerprint density at radius 1 is 0.941 bits per heavy atom. The predicted molar refractivity (Wildman–Crippen MR) is 72.2 cm³/mol. The van der Waals surface area contributed by atoms with Crippen LogP contribution in [0, 0.1) is 0 Å². The van der Waals surface area contributed by atoms with E-state index in [2.05, 4.69) is 0 Å². The van der Waals surface area contributed by atoms with Crippen LogP contribution in [0.5, 0.6) is 0 Å². The third-order valence-electron chi connectivity index (χ3n) is 2.48. The molecule has 0 saturated heterocycles. The molecule has 2 aromatic carbocycles. The lowest BCUT2D eigenvalue weighted by atomic mass is 10.1. The van der Waals surface area contributed by atoms with Crippen LogP contribution in [0.25, 0.3) is 11.1 Å². The Bertz CT molecular complexity index is 579. The Morgan fingerprint density at radius 3 is 2.24 bits per heavy atom. The van der Waals surface area contributed by atoms with E-state index in [-0.39, 0.29) is 0 Å². The number of hydrogen-bond donors (Lipinski definition) is 1. The van der Waals surface area contributed by atoms with Crippen molar-refractivity contribution in [2.24, 2.45) is 0 Å². The third-order valence-corrected chi connectivity index (χ3v) is 3.92. The van der Waals surface area contributed by atoms with Gasteiger partial charge in [0.2, 0.25) is 0 Å². The minimum atomic E-state index is -2.52. The molecule has 0 aliphatic carbocycles. The first kappa shape index (κ1) is 12.2. The zero-order valence-electron chi connectivity index (χ0n) is 9.29. The van der Waals surface area contributed by atoms with E-state index in [1.54, 1.807) is 30.0 Å². The second-order valence-electron chi connectivity index (χ2n) is 3.54. The Kier molecular flexibility index (Phi) is 3.86. The van der Waals surface area contributed by atoms with E-state index in [9.17, 15) is 8.42 Å². The summed E-state index contributed by atoms with van der Waals surface area (Å²) >= 11 is 1.68. The molecule has 0 amide bonds. The molecule has 0 aromatic heterocycles. The Labute approximate surface area is 107 Å². The Hall–Kier alpha value is -1.26. The number of thioether (sulfide) groups is 1. The molecular formula is C13H12O2S2. The van der Waals surface area contributed by atoms with Crippen molar-refractivity contribution in [1.29, 1.82) is 0 Å². The Balaban J connectivity index is 2.41. The molecule has 0 bridgehead atoms. The predicted octanol–water partition coefficient (Wildman–Crippen LogP) is 3.05. The van der Waals surface area contributed by atoms with E-state index < -0.39 is 10.7 Å². The lowest BCUT2D eigenvalue weighted by molar-refractivity contribution is 0.614. The fourth-order valence-corrected chi connectivity index (χ4v) is 2.44. The second-order valence-corrected chi connectivity index (χ2v) is 5.45. The van der Waals surface area contributed by atoms with Gasteiger partial charge in [-0.2, -0.15) is 0 Å². The lowest BCUT2D eigenvalue weighted by Crippen LogP contribution is -1.83. The van der Waals surface area contributed by atoms with Crippen molar-refractivity contribution < 1.29 is 8.42 Å². The summed E-state index contributed by atoms with van der Waals surface area (Å²) in [6.45, 7) is 0. The summed E-state index contributed by atoms with van der Waals surface area (Å²) in [6, 6.07) is 15.0. The molecule has 88 valence electrons. The molecule has 0 saturated carbocycles. The molecule has 0 fully saturated rings. The van der Waals surface area contributed by atoms with Crippen molar-refractivity contribution in [3.8, 4) is 11.1 Å². The van der Waals surface area contributed by atoms with Gasteiger partial charge in [0, 0.05) is 4.90 Å². The fourth-order valence-electron chi connectivity index (χ4n) is 1.58. The second kappa shape index (κ2) is 5.38. The molecule has 0 aliphatic rings. The van der Waals surface area contributed by atoms with Crippen molar-refractivity contribution in [3.63, 3.8) is 0 Å². The van der Waals surface area contributed by atoms with Crippen LogP contribution < -0.4 is 0 Å². The summed E-state index contributed by atoms with van der Waals surface area (Å²) in [5.74, 6) is 0. The zero-order chi connectivity index (χ0) is 12.3. The number of rotatable bonds is 3. The average molecular weight is 264 g/mol. The van der Waals surface area contributed by atoms with Crippen LogP contribution in [0.2, 0.25) is 0 Å². The van der Waals surface area contributed by atoms with Gasteiger partial charge in [-0.05, 0) is 41.6 Å². The van der Waals surface area contributed by atoms with Crippen LogP contribution in [0.15, 0.2) is 58.3 Å². The van der Waals surface area contributed by atoms with Gasteiger partial charge in [0.05, 0.1) is 4.90 Å². The first-order chi connectivity index (χ1) is 8.20. The highest BCUT2D eigenvalue weighted by molar-refractivity contribution is 7.98. The van der Waals surface area contributed by atoms with Gasteiger partial charge in [-0.1, -0.05) is 24.3 Å². The standard InChI is InChI=1S/C13H12O2S2/c1-16-12-7-5-10(6-8-12)11-3-2-4-13(9-11)17(14)15/h2-9,17H,1H3. The molecule has 0 heterocycles. The molecule has 0 unspecified atom stereocenters. The highest BCUT2D eigenvalue weighted by Crippen LogP contribution is 2.24. The minimum Gasteiger partial charge on any atom is -0.227 e. The molecule has 2 nitrogen and oxygen atoms in total. The molecule has 2 rings (SSSR count). The quantitative estimate of drug-likeness (QED) is 0.683. The van der Waals surface area contributed by atoms with Gasteiger partial charge in [0.25, 0.3) is 0 Å². The first-order valence-electron chi connectivity index (χ1n) is 5.09. The van der Waals surface area contributed by atoms with E-state index in [0.717, 1.165) is 11.1 Å². The largest absolute Gasteiger partial charge is 0.227 e. The SMILES string of the molecule is CSc1ccc(-c2cccc([SH](=O)=O)c2)cc1. The van der Waals surface area contributed by atoms with Gasteiger partial charge in [0.1, 0.15) is 0 Å². The van der Waals surface area contributed by atoms with E-state index in [0.29, 0.717) is 4.90 Å². The Morgan fingerprint density at radius 2 is 1.65 bits per heavy atom. The van der Waals surface area contributed by atoms with Crippen LogP contribution in [-0.4, -0.2) is 14.7 Å². The molecule has 17 heavy (non-hydrogen) atoms. The van der Waals surface area contributed by atoms with Gasteiger partial charge in [-0.15, -0.1) is 11.8 Å². The van der Waals surface area contributed by atoms with Crippen LogP contribution in [0.4, 0.5) is 0 Å². The summed E-state index contributed by atoms with van der Waals surface area (Å²) < 4.78 is 21.8. The van der Waals surface area contributed by atoms with E-state index >= 15 is 0 Å². The van der Waals surface area contributed by atoms with E-state index in [1.165, 1.54) is 4.90 Å². The number of benzene rings is 2. The van der Waals surface area contributed by atoms with Gasteiger partial charge in [-0.3, -0.25) is 0 Å². The first-order valence-corrected chi connectivity index (χ1v) is 7.50. The molecular weight excluding hydrogens is 252 g/mol. The normalized spacial score (nSPS) is 10.7. The summed E-state index contributed by atoms with van der Waals surface area (Å²) in [4.78, 5) is 1.55. The van der Waals surface area contributed by atoms with Gasteiger partial charge in [-0.25, -0.2) is 8.42 Å². The molecule has 2 aromatic rings. The molecule has 0 radical (unpaired) electrons. The van der Waals surface area contributed by atoms with Gasteiger partial charge >= 0.3 is 0 Å². The van der Waals surface area contributed by atoms with Crippen LogP contribution in [0.3, 0.4) is 0 Å². The van der Waals surface area contributed by atoms with E-state index in [4.69, 9.17) is 0 Å². The monoisotopic (exact) mass is 264 g/mol. The van der Waals surface area contributed by atoms with Crippen LogP contribution in [0.1, 0.15) is 0 Å². The van der Waals surface area contributed by atoms with Crippen LogP contribution in [-0.2, 0) is 10.7 Å². The highest BCUT2D eigenvalue weighted by Gasteiger charge is 2.00. The summed E-state index contributed by atoms with van der Waals surface area (Å²) in [5, 5.41) is 0. The summed E-state index contributed by atoms with van der Waals surface area (Å²) in [6.07, 6.45) is 2.03. The fraction of sp³-hybridized carbons (Fsp3) is 0.0769. The maximum absolute atomic E-state index is 10.9. The number of hydrogen-bond acceptors (Lipinski definition) is 3. The molecule has 4 heteroatoms. The topological polar surface area (TPSA) is 34.1 Å². The van der Waals surface area contributed by atoms with Crippen molar-refractivity contribution >= 4 is 22.5 Å². The summed E-state index contributed by atoms with van der Waals surface area (Å²) in [5.41, 5.74) is 1.95. The third kappa shape index (κ3) is 2.90. The van der Waals surface area contributed by atoms with Crippen LogP contribution >= 0.6 is 11.8 Å². The molecule has 0 aliphatic heterocycles. The molecule has 0 N–H and O–H groups in total. The number of thiol groups is 1. The lowest BCUT2D eigenvalue weighted by Gasteiger charge is -2.03. The summed E-state index contributed by atoms with van der Waals surface area (Å²) in [7, 11) is -2.52. The maximum Gasteiger partial charge on any atom is 0.168 e. The minimum absolute atomic E-state index is 0.353. The molecule has 0 spiro atoms. The molecule has 0 atom stereocenters. The van der Waals surface area contributed by atoms with Crippen molar-refractivity contribution in [2.75, 3.05) is 6.26 Å². The van der Waals surface area contributed by atoms with Gasteiger partial charge < -0.3 is 0 Å². The van der Waals surface area contributed by atoms with Crippen molar-refractivity contribution in [3.05, 3.63) is 48.5 Å². The zero-order valence-corrected chi connectivity index (χ0v) is 11.0. The highest BCUT2D eigenvalue weighted by atomic mass is 32.2. The maximum atomic E-state index is 10.9.